The van der Waals surface area contributed by atoms with Gasteiger partial charge in [0.05, 0.1) is 0 Å². The highest BCUT2D eigenvalue weighted by Crippen LogP contribution is 2.46. The molecule has 2 saturated carbocycles. The Balaban J connectivity index is 1.19. The van der Waals surface area contributed by atoms with Crippen molar-refractivity contribution >= 4 is 34.1 Å². The summed E-state index contributed by atoms with van der Waals surface area (Å²) in [4.78, 5) is 31.2. The normalized spacial score (nSPS) is 18.2. The Morgan fingerprint density at radius 3 is 1.92 bits per heavy atom. The van der Waals surface area contributed by atoms with Crippen molar-refractivity contribution in [1.82, 2.24) is 10.2 Å². The molecule has 2 aliphatic carbocycles. The number of amides is 2. The van der Waals surface area contributed by atoms with E-state index in [0.717, 1.165) is 65.0 Å². The summed E-state index contributed by atoms with van der Waals surface area (Å²) in [6.07, 6.45) is 8.28. The van der Waals surface area contributed by atoms with Crippen LogP contribution in [0.3, 0.4) is 0 Å². The number of nitrogens with one attached hydrogen (secondary N) is 1. The van der Waals surface area contributed by atoms with E-state index in [0.29, 0.717) is 19.0 Å². The number of halogens is 1. The number of nitrogens with zero attached hydrogens (tertiary/aromatic N) is 2. The van der Waals surface area contributed by atoms with E-state index in [1.165, 1.54) is 30.4 Å². The maximum Gasteiger partial charge on any atom is 0.256 e. The van der Waals surface area contributed by atoms with E-state index < -0.39 is 5.54 Å². The molecule has 3 aromatic rings. The summed E-state index contributed by atoms with van der Waals surface area (Å²) in [5.74, 6) is 2.17. The molecule has 6 rings (SSSR count). The van der Waals surface area contributed by atoms with Crippen molar-refractivity contribution in [2.24, 2.45) is 16.8 Å². The Morgan fingerprint density at radius 2 is 1.41 bits per heavy atom. The van der Waals surface area contributed by atoms with Gasteiger partial charge in [-0.15, -0.1) is 0 Å². The number of rotatable bonds is 12. The first-order valence-corrected chi connectivity index (χ1v) is 14.9. The minimum absolute atomic E-state index is 0.157. The zero-order valence-corrected chi connectivity index (χ0v) is 23.7. The van der Waals surface area contributed by atoms with Crippen molar-refractivity contribution in [2.45, 2.75) is 50.5 Å². The van der Waals surface area contributed by atoms with Gasteiger partial charge in [0.2, 0.25) is 6.41 Å². The Bertz CT molecular complexity index is 1360. The van der Waals surface area contributed by atoms with Crippen molar-refractivity contribution in [3.05, 3.63) is 82.8 Å². The van der Waals surface area contributed by atoms with Crippen LogP contribution < -0.4 is 5.32 Å². The number of carbonyl (C=O) groups excluding carboxylic acids is 2. The molecule has 3 aliphatic rings. The smallest absolute Gasteiger partial charge is 0.256 e. The third-order valence-electron chi connectivity index (χ3n) is 8.38. The fraction of sp³-hybridized carbons (Fsp3) is 0.364. The van der Waals surface area contributed by atoms with Gasteiger partial charge < -0.3 is 5.32 Å². The van der Waals surface area contributed by atoms with E-state index in [2.05, 4.69) is 94.0 Å². The summed E-state index contributed by atoms with van der Waals surface area (Å²) in [5, 5.41) is 2.81. The van der Waals surface area contributed by atoms with Gasteiger partial charge in [0.1, 0.15) is 11.4 Å². The SMILES string of the molecule is O=CNCCC(CCC1CC1)CN1C(=O)C2(CC2)N=C1c1ccc(-c2ccc(-c3ccc(Br)cc3)cc2)cc1. The van der Waals surface area contributed by atoms with Crippen LogP contribution in [0.25, 0.3) is 22.3 Å². The molecule has 5 nitrogen and oxygen atoms in total. The molecule has 0 bridgehead atoms. The molecule has 6 heteroatoms. The molecule has 3 aromatic carbocycles. The van der Waals surface area contributed by atoms with Gasteiger partial charge in [-0.1, -0.05) is 95.9 Å². The summed E-state index contributed by atoms with van der Waals surface area (Å²) in [6, 6.07) is 25.5. The molecular formula is C33H34BrN3O2. The fourth-order valence-corrected chi connectivity index (χ4v) is 5.88. The van der Waals surface area contributed by atoms with E-state index in [4.69, 9.17) is 4.99 Å². The molecule has 2 fully saturated rings. The van der Waals surface area contributed by atoms with Gasteiger partial charge in [-0.2, -0.15) is 0 Å². The molecule has 200 valence electrons. The Labute approximate surface area is 238 Å². The highest BCUT2D eigenvalue weighted by Gasteiger charge is 2.57. The molecule has 0 aromatic heterocycles. The van der Waals surface area contributed by atoms with Crippen LogP contribution in [0, 0.1) is 11.8 Å². The quantitative estimate of drug-likeness (QED) is 0.187. The highest BCUT2D eigenvalue weighted by molar-refractivity contribution is 9.10. The van der Waals surface area contributed by atoms with Gasteiger partial charge in [-0.25, -0.2) is 0 Å². The predicted octanol–water partition coefficient (Wildman–Crippen LogP) is 6.85. The van der Waals surface area contributed by atoms with Crippen molar-refractivity contribution in [1.29, 1.82) is 0 Å². The largest absolute Gasteiger partial charge is 0.359 e. The highest BCUT2D eigenvalue weighted by atomic mass is 79.9. The van der Waals surface area contributed by atoms with E-state index >= 15 is 0 Å². The lowest BCUT2D eigenvalue weighted by Gasteiger charge is -2.26. The van der Waals surface area contributed by atoms with Crippen LogP contribution in [0.15, 0.2) is 82.3 Å². The van der Waals surface area contributed by atoms with Crippen LogP contribution in [0.2, 0.25) is 0 Å². The molecule has 1 atom stereocenters. The number of benzene rings is 3. The molecule has 2 amide bonds. The standard InChI is InChI=1S/C33H34BrN3O2/c34-30-15-13-28(14-16-30)26-7-5-25(6-8-26)27-9-11-29(12-10-27)31-36-33(18-19-33)32(39)37(31)21-24(17-20-35-22-38)4-3-23-1-2-23/h5-16,22-24H,1-4,17-21H2,(H,35,38). The van der Waals surface area contributed by atoms with Crippen molar-refractivity contribution in [3.63, 3.8) is 0 Å². The van der Waals surface area contributed by atoms with Crippen molar-refractivity contribution < 1.29 is 9.59 Å². The van der Waals surface area contributed by atoms with Crippen LogP contribution >= 0.6 is 15.9 Å². The monoisotopic (exact) mass is 583 g/mol. The summed E-state index contributed by atoms with van der Waals surface area (Å²) < 4.78 is 1.08. The lowest BCUT2D eigenvalue weighted by Crippen LogP contribution is -2.40. The molecule has 39 heavy (non-hydrogen) atoms. The number of aliphatic imine (C=N–C) groups is 1. The first-order chi connectivity index (χ1) is 19.0. The second kappa shape index (κ2) is 11.1. The lowest BCUT2D eigenvalue weighted by molar-refractivity contribution is -0.128. The van der Waals surface area contributed by atoms with E-state index in [-0.39, 0.29) is 5.91 Å². The lowest BCUT2D eigenvalue weighted by atomic mass is 9.96. The van der Waals surface area contributed by atoms with E-state index in [1.807, 2.05) is 4.90 Å². The third kappa shape index (κ3) is 5.86. The third-order valence-corrected chi connectivity index (χ3v) is 8.91. The van der Waals surface area contributed by atoms with Crippen molar-refractivity contribution in [2.75, 3.05) is 13.1 Å². The number of hydrogen-bond acceptors (Lipinski definition) is 3. The summed E-state index contributed by atoms with van der Waals surface area (Å²) in [7, 11) is 0. The molecule has 1 spiro atoms. The van der Waals surface area contributed by atoms with Crippen LogP contribution in [0.4, 0.5) is 0 Å². The number of amidine groups is 1. The van der Waals surface area contributed by atoms with Gasteiger partial charge in [0.15, 0.2) is 0 Å². The topological polar surface area (TPSA) is 61.8 Å². The van der Waals surface area contributed by atoms with Gasteiger partial charge in [0.25, 0.3) is 5.91 Å². The average molecular weight is 585 g/mol. The molecule has 1 heterocycles. The van der Waals surface area contributed by atoms with Crippen LogP contribution in [0.1, 0.15) is 50.5 Å². The molecule has 1 N–H and O–H groups in total. The van der Waals surface area contributed by atoms with Gasteiger partial charge in [0, 0.05) is 23.1 Å². The summed E-state index contributed by atoms with van der Waals surface area (Å²) in [6.45, 7) is 1.32. The summed E-state index contributed by atoms with van der Waals surface area (Å²) in [5.41, 5.74) is 5.14. The van der Waals surface area contributed by atoms with Gasteiger partial charge >= 0.3 is 0 Å². The maximum atomic E-state index is 13.5. The second-order valence-electron chi connectivity index (χ2n) is 11.3. The molecule has 0 radical (unpaired) electrons. The van der Waals surface area contributed by atoms with E-state index in [1.54, 1.807) is 0 Å². The van der Waals surface area contributed by atoms with E-state index in [9.17, 15) is 9.59 Å². The van der Waals surface area contributed by atoms with Gasteiger partial charge in [-0.05, 0) is 71.9 Å². The minimum atomic E-state index is -0.529. The van der Waals surface area contributed by atoms with Crippen LogP contribution in [-0.4, -0.2) is 41.7 Å². The predicted molar refractivity (Wildman–Crippen MR) is 159 cm³/mol. The molecule has 1 aliphatic heterocycles. The second-order valence-corrected chi connectivity index (χ2v) is 12.2. The van der Waals surface area contributed by atoms with Crippen LogP contribution in [-0.2, 0) is 9.59 Å². The molecule has 0 saturated heterocycles. The number of carbonyl (C=O) groups is 2. The summed E-state index contributed by atoms with van der Waals surface area (Å²) >= 11 is 3.50. The van der Waals surface area contributed by atoms with Crippen molar-refractivity contribution in [3.8, 4) is 22.3 Å². The Morgan fingerprint density at radius 1 is 0.872 bits per heavy atom. The number of hydrogen-bond donors (Lipinski definition) is 1. The molecule has 1 unspecified atom stereocenters. The van der Waals surface area contributed by atoms with Crippen LogP contribution in [0.5, 0.6) is 0 Å². The zero-order chi connectivity index (χ0) is 26.8. The fourth-order valence-electron chi connectivity index (χ4n) is 5.61. The first-order valence-electron chi connectivity index (χ1n) is 14.1. The van der Waals surface area contributed by atoms with Gasteiger partial charge in [-0.3, -0.25) is 19.5 Å². The minimum Gasteiger partial charge on any atom is -0.359 e. The first kappa shape index (κ1) is 26.0. The zero-order valence-electron chi connectivity index (χ0n) is 22.1. The Hall–Kier alpha value is -3.25. The Kier molecular flexibility index (Phi) is 7.39. The maximum absolute atomic E-state index is 13.5. The molecular weight excluding hydrogens is 550 g/mol. The average Bonchev–Trinajstić information content (AvgIpc) is 3.90.